The number of phenols is 1. The molecule has 0 heterocycles. The number of nitrogens with one attached hydrogen (secondary N) is 2. The lowest BCUT2D eigenvalue weighted by Gasteiger charge is -2.44. The summed E-state index contributed by atoms with van der Waals surface area (Å²) in [4.78, 5) is 56.8. The first-order chi connectivity index (χ1) is 21.6. The highest BCUT2D eigenvalue weighted by atomic mass is 32.2. The third kappa shape index (κ3) is 11.0. The number of phenolic OH excluding ortho intramolecular Hbond substituents is 1. The lowest BCUT2D eigenvalue weighted by molar-refractivity contribution is -0.159. The number of carbonyl (C=O) groups excluding carboxylic acids is 4. The molecule has 1 fully saturated rings. The standard InChI is InChI=1S/C35H49N3O7S/c1-34(2,3)44-32(42)27(22-23-14-9-8-10-15-23)36-30(40)29(25-18-11-12-19-28(25)39)38(24-16-13-17-24)31(41)26(20-21-46-7)37-33(43)45-35(4,5)6/h8-12,14-15,18-19,24,26-27,29,39H,13,16-17,20-22H2,1-7H3,(H,36,40)(H,37,43). The van der Waals surface area contributed by atoms with Crippen molar-refractivity contribution in [3.63, 3.8) is 0 Å². The van der Waals surface area contributed by atoms with Gasteiger partial charge < -0.3 is 30.1 Å². The van der Waals surface area contributed by atoms with Gasteiger partial charge in [0, 0.05) is 18.0 Å². The normalized spacial score (nSPS) is 15.5. The van der Waals surface area contributed by atoms with E-state index >= 15 is 0 Å². The molecule has 0 saturated heterocycles. The number of hydrogen-bond acceptors (Lipinski definition) is 8. The summed E-state index contributed by atoms with van der Waals surface area (Å²) in [6, 6.07) is 11.9. The maximum absolute atomic E-state index is 14.5. The van der Waals surface area contributed by atoms with Crippen LogP contribution in [0.25, 0.3) is 0 Å². The molecule has 0 aromatic heterocycles. The Morgan fingerprint density at radius 1 is 0.891 bits per heavy atom. The number of alkyl carbamates (subject to hydrolysis) is 1. The van der Waals surface area contributed by atoms with E-state index in [2.05, 4.69) is 10.6 Å². The Balaban J connectivity index is 2.06. The van der Waals surface area contributed by atoms with Crippen LogP contribution in [0.1, 0.15) is 84.4 Å². The van der Waals surface area contributed by atoms with Crippen LogP contribution >= 0.6 is 11.8 Å². The van der Waals surface area contributed by atoms with E-state index in [4.69, 9.17) is 9.47 Å². The fourth-order valence-electron chi connectivity index (χ4n) is 5.11. The Kier molecular flexibility index (Phi) is 12.9. The van der Waals surface area contributed by atoms with Gasteiger partial charge in [0.05, 0.1) is 0 Å². The van der Waals surface area contributed by atoms with Crippen LogP contribution in [0.15, 0.2) is 54.6 Å². The van der Waals surface area contributed by atoms with Crippen molar-refractivity contribution in [1.82, 2.24) is 15.5 Å². The van der Waals surface area contributed by atoms with Gasteiger partial charge in [-0.3, -0.25) is 9.59 Å². The van der Waals surface area contributed by atoms with E-state index in [-0.39, 0.29) is 23.8 Å². The Morgan fingerprint density at radius 2 is 1.50 bits per heavy atom. The number of thioether (sulfide) groups is 1. The zero-order valence-electron chi connectivity index (χ0n) is 28.0. The highest BCUT2D eigenvalue weighted by Gasteiger charge is 2.43. The fraction of sp³-hybridized carbons (Fsp3) is 0.543. The van der Waals surface area contributed by atoms with Gasteiger partial charge in [-0.05, 0) is 90.9 Å². The summed E-state index contributed by atoms with van der Waals surface area (Å²) < 4.78 is 11.2. The lowest BCUT2D eigenvalue weighted by atomic mass is 9.87. The van der Waals surface area contributed by atoms with E-state index < -0.39 is 53.2 Å². The number of amides is 3. The minimum absolute atomic E-state index is 0.156. The second kappa shape index (κ2) is 16.2. The molecule has 0 radical (unpaired) electrons. The molecule has 2 aromatic carbocycles. The summed E-state index contributed by atoms with van der Waals surface area (Å²) in [6.07, 6.45) is 3.76. The first-order valence-electron chi connectivity index (χ1n) is 15.8. The highest BCUT2D eigenvalue weighted by molar-refractivity contribution is 7.98. The summed E-state index contributed by atoms with van der Waals surface area (Å²) in [5.41, 5.74) is -0.565. The third-order valence-electron chi connectivity index (χ3n) is 7.37. The van der Waals surface area contributed by atoms with Crippen molar-refractivity contribution in [3.8, 4) is 5.75 Å². The predicted octanol–water partition coefficient (Wildman–Crippen LogP) is 5.53. The van der Waals surface area contributed by atoms with Gasteiger partial charge in [-0.2, -0.15) is 11.8 Å². The minimum Gasteiger partial charge on any atom is -0.508 e. The van der Waals surface area contributed by atoms with Gasteiger partial charge in [0.25, 0.3) is 0 Å². The van der Waals surface area contributed by atoms with Gasteiger partial charge in [0.15, 0.2) is 0 Å². The van der Waals surface area contributed by atoms with Gasteiger partial charge >= 0.3 is 12.1 Å². The maximum atomic E-state index is 14.5. The van der Waals surface area contributed by atoms with Gasteiger partial charge in [0.1, 0.15) is 35.1 Å². The summed E-state index contributed by atoms with van der Waals surface area (Å²) in [7, 11) is 0. The minimum atomic E-state index is -1.29. The van der Waals surface area contributed by atoms with Crippen LogP contribution < -0.4 is 10.6 Å². The van der Waals surface area contributed by atoms with Crippen LogP contribution in [0.4, 0.5) is 4.79 Å². The topological polar surface area (TPSA) is 134 Å². The highest BCUT2D eigenvalue weighted by Crippen LogP contribution is 2.37. The molecule has 1 aliphatic carbocycles. The van der Waals surface area contributed by atoms with Gasteiger partial charge in [-0.1, -0.05) is 48.5 Å². The predicted molar refractivity (Wildman–Crippen MR) is 179 cm³/mol. The molecule has 0 spiro atoms. The number of esters is 1. The summed E-state index contributed by atoms with van der Waals surface area (Å²) in [5.74, 6) is -1.33. The quantitative estimate of drug-likeness (QED) is 0.240. The van der Waals surface area contributed by atoms with Crippen LogP contribution in [-0.4, -0.2) is 75.2 Å². The van der Waals surface area contributed by atoms with Crippen LogP contribution in [0.5, 0.6) is 5.75 Å². The molecule has 46 heavy (non-hydrogen) atoms. The largest absolute Gasteiger partial charge is 0.508 e. The molecular formula is C35H49N3O7S. The summed E-state index contributed by atoms with van der Waals surface area (Å²) in [5, 5.41) is 16.6. The monoisotopic (exact) mass is 655 g/mol. The van der Waals surface area contributed by atoms with Crippen molar-refractivity contribution >= 4 is 35.6 Å². The average Bonchev–Trinajstić information content (AvgIpc) is 2.92. The molecule has 3 amide bonds. The van der Waals surface area contributed by atoms with E-state index in [9.17, 15) is 24.3 Å². The molecule has 2 aromatic rings. The number of benzene rings is 2. The Labute approximate surface area is 277 Å². The molecule has 1 saturated carbocycles. The molecule has 10 nitrogen and oxygen atoms in total. The lowest BCUT2D eigenvalue weighted by Crippen LogP contribution is -2.58. The Hall–Kier alpha value is -3.73. The van der Waals surface area contributed by atoms with Crippen molar-refractivity contribution in [3.05, 3.63) is 65.7 Å². The zero-order chi connectivity index (χ0) is 34.1. The molecule has 3 atom stereocenters. The van der Waals surface area contributed by atoms with Crippen molar-refractivity contribution in [1.29, 1.82) is 0 Å². The molecular weight excluding hydrogens is 606 g/mol. The SMILES string of the molecule is CSCCC(NC(=O)OC(C)(C)C)C(=O)N(C1CCC1)C(C(=O)NC(Cc1ccccc1)C(=O)OC(C)(C)C)c1ccccc1O. The maximum Gasteiger partial charge on any atom is 0.408 e. The summed E-state index contributed by atoms with van der Waals surface area (Å²) >= 11 is 1.52. The van der Waals surface area contributed by atoms with E-state index in [1.807, 2.05) is 36.6 Å². The smallest absolute Gasteiger partial charge is 0.408 e. The number of aromatic hydroxyl groups is 1. The van der Waals surface area contributed by atoms with E-state index in [0.29, 0.717) is 25.0 Å². The summed E-state index contributed by atoms with van der Waals surface area (Å²) in [6.45, 7) is 10.5. The third-order valence-corrected chi connectivity index (χ3v) is 8.01. The fourth-order valence-corrected chi connectivity index (χ4v) is 5.58. The Bertz CT molecular complexity index is 1340. The first-order valence-corrected chi connectivity index (χ1v) is 17.1. The van der Waals surface area contributed by atoms with Crippen molar-refractivity contribution in [2.45, 2.75) is 109 Å². The van der Waals surface area contributed by atoms with Crippen LogP contribution in [0.3, 0.4) is 0 Å². The number of ether oxygens (including phenoxy) is 2. The van der Waals surface area contributed by atoms with Crippen LogP contribution in [0, 0.1) is 0 Å². The van der Waals surface area contributed by atoms with Crippen LogP contribution in [-0.2, 0) is 30.3 Å². The van der Waals surface area contributed by atoms with E-state index in [0.717, 1.165) is 12.0 Å². The van der Waals surface area contributed by atoms with Crippen molar-refractivity contribution < 1.29 is 33.8 Å². The zero-order valence-corrected chi connectivity index (χ0v) is 28.8. The van der Waals surface area contributed by atoms with Gasteiger partial charge in [-0.15, -0.1) is 0 Å². The van der Waals surface area contributed by atoms with Gasteiger partial charge in [-0.25, -0.2) is 9.59 Å². The number of hydrogen-bond donors (Lipinski definition) is 3. The second-order valence-corrected chi connectivity index (χ2v) is 14.5. The van der Waals surface area contributed by atoms with Crippen molar-refractivity contribution in [2.75, 3.05) is 12.0 Å². The van der Waals surface area contributed by atoms with E-state index in [1.165, 1.54) is 22.7 Å². The average molecular weight is 656 g/mol. The number of para-hydroxylation sites is 1. The second-order valence-electron chi connectivity index (χ2n) is 13.6. The number of nitrogens with zero attached hydrogens (tertiary/aromatic N) is 1. The molecule has 252 valence electrons. The first kappa shape index (κ1) is 36.7. The molecule has 3 unspecified atom stereocenters. The Morgan fingerprint density at radius 3 is 2.04 bits per heavy atom. The number of rotatable bonds is 13. The number of carbonyl (C=O) groups is 4. The molecule has 3 rings (SSSR count). The van der Waals surface area contributed by atoms with Crippen molar-refractivity contribution in [2.24, 2.45) is 0 Å². The molecule has 11 heteroatoms. The molecule has 1 aliphatic rings. The van der Waals surface area contributed by atoms with E-state index in [1.54, 1.807) is 59.7 Å². The molecule has 0 aliphatic heterocycles. The molecule has 0 bridgehead atoms. The molecule has 3 N–H and O–H groups in total. The van der Waals surface area contributed by atoms with Crippen LogP contribution in [0.2, 0.25) is 0 Å². The van der Waals surface area contributed by atoms with Gasteiger partial charge in [0.2, 0.25) is 11.8 Å².